The Hall–Kier alpha value is -1.13. The van der Waals surface area contributed by atoms with Gasteiger partial charge in [-0.1, -0.05) is 0 Å². The predicted octanol–water partition coefficient (Wildman–Crippen LogP) is 2.63. The Kier molecular flexibility index (Phi) is 5.56. The van der Waals surface area contributed by atoms with E-state index in [1.54, 1.807) is 20.1 Å². The van der Waals surface area contributed by atoms with E-state index >= 15 is 0 Å². The van der Waals surface area contributed by atoms with Crippen molar-refractivity contribution in [2.45, 2.75) is 26.3 Å². The number of benzene rings is 1. The van der Waals surface area contributed by atoms with Gasteiger partial charge in [0.25, 0.3) is 0 Å². The molecule has 3 nitrogen and oxygen atoms in total. The molecule has 0 aromatic heterocycles. The molecule has 0 aliphatic carbocycles. The number of nitrogens with zero attached hydrogens (tertiary/aromatic N) is 1. The van der Waals surface area contributed by atoms with Crippen LogP contribution >= 0.6 is 0 Å². The fraction of sp³-hybridized carbons (Fsp3) is 0.571. The van der Waals surface area contributed by atoms with Crippen LogP contribution in [0.4, 0.5) is 10.1 Å². The zero-order chi connectivity index (χ0) is 13.7. The van der Waals surface area contributed by atoms with Crippen molar-refractivity contribution in [3.63, 3.8) is 0 Å². The molecule has 0 heterocycles. The number of rotatable bonds is 6. The van der Waals surface area contributed by atoms with Crippen molar-refractivity contribution in [1.82, 2.24) is 0 Å². The van der Waals surface area contributed by atoms with Crippen LogP contribution in [0.25, 0.3) is 0 Å². The molecule has 0 saturated carbocycles. The smallest absolute Gasteiger partial charge is 0.126 e. The first-order chi connectivity index (χ1) is 8.47. The molecule has 18 heavy (non-hydrogen) atoms. The van der Waals surface area contributed by atoms with Crippen molar-refractivity contribution in [1.29, 1.82) is 0 Å². The zero-order valence-corrected chi connectivity index (χ0v) is 11.7. The summed E-state index contributed by atoms with van der Waals surface area (Å²) in [4.78, 5) is 2.10. The molecule has 0 saturated heterocycles. The van der Waals surface area contributed by atoms with Gasteiger partial charge in [-0.2, -0.15) is 0 Å². The Morgan fingerprint density at radius 1 is 1.44 bits per heavy atom. The minimum absolute atomic E-state index is 0.181. The lowest BCUT2D eigenvalue weighted by Crippen LogP contribution is -2.23. The van der Waals surface area contributed by atoms with E-state index in [0.717, 1.165) is 30.8 Å². The first-order valence-electron chi connectivity index (χ1n) is 6.23. The molecule has 0 fully saturated rings. The second-order valence-corrected chi connectivity index (χ2v) is 4.72. The maximum absolute atomic E-state index is 13.6. The molecule has 0 amide bonds. The van der Waals surface area contributed by atoms with E-state index in [9.17, 15) is 4.39 Å². The van der Waals surface area contributed by atoms with Crippen molar-refractivity contribution in [3.05, 3.63) is 29.1 Å². The second-order valence-electron chi connectivity index (χ2n) is 4.72. The van der Waals surface area contributed by atoms with Crippen LogP contribution in [-0.4, -0.2) is 27.3 Å². The van der Waals surface area contributed by atoms with Crippen LogP contribution < -0.4 is 10.6 Å². The third kappa shape index (κ3) is 3.68. The van der Waals surface area contributed by atoms with Crippen LogP contribution in [-0.2, 0) is 4.74 Å². The zero-order valence-electron chi connectivity index (χ0n) is 11.7. The van der Waals surface area contributed by atoms with Gasteiger partial charge < -0.3 is 15.4 Å². The highest BCUT2D eigenvalue weighted by molar-refractivity contribution is 5.56. The summed E-state index contributed by atoms with van der Waals surface area (Å²) in [6.07, 6.45) is 0.932. The molecule has 0 bridgehead atoms. The molecule has 1 aromatic carbocycles. The number of methoxy groups -OCH3 is 1. The molecule has 1 aromatic rings. The number of aryl methyl sites for hydroxylation is 1. The van der Waals surface area contributed by atoms with Crippen LogP contribution in [0.15, 0.2) is 12.1 Å². The minimum atomic E-state index is -0.198. The van der Waals surface area contributed by atoms with E-state index in [-0.39, 0.29) is 11.9 Å². The van der Waals surface area contributed by atoms with E-state index in [1.807, 2.05) is 20.0 Å². The molecule has 0 unspecified atom stereocenters. The molecular formula is C14H23FN2O. The Morgan fingerprint density at radius 3 is 2.67 bits per heavy atom. The highest BCUT2D eigenvalue weighted by atomic mass is 19.1. The summed E-state index contributed by atoms with van der Waals surface area (Å²) in [6, 6.07) is 3.23. The summed E-state index contributed by atoms with van der Waals surface area (Å²) in [5.41, 5.74) is 8.40. The van der Waals surface area contributed by atoms with Crippen LogP contribution in [0.2, 0.25) is 0 Å². The highest BCUT2D eigenvalue weighted by Gasteiger charge is 2.13. The van der Waals surface area contributed by atoms with Crippen molar-refractivity contribution in [2.24, 2.45) is 5.73 Å². The number of halogens is 1. The lowest BCUT2D eigenvalue weighted by atomic mass is 10.0. The van der Waals surface area contributed by atoms with Gasteiger partial charge in [0.2, 0.25) is 0 Å². The molecule has 4 heteroatoms. The number of nitrogens with two attached hydrogens (primary N) is 1. The number of hydrogen-bond donors (Lipinski definition) is 1. The van der Waals surface area contributed by atoms with Crippen LogP contribution in [0.3, 0.4) is 0 Å². The van der Waals surface area contributed by atoms with Gasteiger partial charge in [-0.05, 0) is 43.5 Å². The molecule has 1 rings (SSSR count). The maximum atomic E-state index is 13.6. The molecule has 0 aliphatic heterocycles. The normalized spacial score (nSPS) is 12.6. The number of anilines is 1. The Labute approximate surface area is 109 Å². The van der Waals surface area contributed by atoms with Crippen molar-refractivity contribution in [2.75, 3.05) is 32.2 Å². The van der Waals surface area contributed by atoms with Gasteiger partial charge in [-0.3, -0.25) is 0 Å². The second kappa shape index (κ2) is 6.71. The largest absolute Gasteiger partial charge is 0.385 e. The van der Waals surface area contributed by atoms with Crippen LogP contribution in [0.5, 0.6) is 0 Å². The van der Waals surface area contributed by atoms with Crippen molar-refractivity contribution < 1.29 is 9.13 Å². The van der Waals surface area contributed by atoms with Crippen molar-refractivity contribution in [3.8, 4) is 0 Å². The number of hydrogen-bond acceptors (Lipinski definition) is 3. The Morgan fingerprint density at radius 2 is 2.11 bits per heavy atom. The molecule has 0 radical (unpaired) electrons. The van der Waals surface area contributed by atoms with E-state index in [1.165, 1.54) is 0 Å². The Bertz CT molecular complexity index is 394. The summed E-state index contributed by atoms with van der Waals surface area (Å²) in [7, 11) is 3.68. The van der Waals surface area contributed by atoms with Crippen molar-refractivity contribution >= 4 is 5.69 Å². The van der Waals surface area contributed by atoms with Gasteiger partial charge in [0.05, 0.1) is 0 Å². The van der Waals surface area contributed by atoms with Gasteiger partial charge in [0.1, 0.15) is 5.82 Å². The fourth-order valence-electron chi connectivity index (χ4n) is 1.94. The van der Waals surface area contributed by atoms with Crippen LogP contribution in [0, 0.1) is 12.7 Å². The van der Waals surface area contributed by atoms with Gasteiger partial charge in [-0.15, -0.1) is 0 Å². The van der Waals surface area contributed by atoms with Gasteiger partial charge in [0.15, 0.2) is 0 Å². The fourth-order valence-corrected chi connectivity index (χ4v) is 1.94. The Balaban J connectivity index is 2.94. The topological polar surface area (TPSA) is 38.5 Å². The summed E-state index contributed by atoms with van der Waals surface area (Å²) < 4.78 is 18.6. The summed E-state index contributed by atoms with van der Waals surface area (Å²) in [5, 5.41) is 0. The van der Waals surface area contributed by atoms with E-state index in [0.29, 0.717) is 5.56 Å². The monoisotopic (exact) mass is 254 g/mol. The summed E-state index contributed by atoms with van der Waals surface area (Å²) in [5.74, 6) is -0.198. The molecule has 2 N–H and O–H groups in total. The van der Waals surface area contributed by atoms with Gasteiger partial charge in [0, 0.05) is 39.0 Å². The number of ether oxygens (including phenoxy) is 1. The molecule has 1 atom stereocenters. The average molecular weight is 254 g/mol. The first kappa shape index (κ1) is 14.9. The molecule has 0 aliphatic rings. The maximum Gasteiger partial charge on any atom is 0.126 e. The lowest BCUT2D eigenvalue weighted by molar-refractivity contribution is 0.196. The average Bonchev–Trinajstić information content (AvgIpc) is 2.32. The van der Waals surface area contributed by atoms with E-state index < -0.39 is 0 Å². The summed E-state index contributed by atoms with van der Waals surface area (Å²) >= 11 is 0. The summed E-state index contributed by atoms with van der Waals surface area (Å²) in [6.45, 7) is 5.22. The molecule has 102 valence electrons. The molecule has 0 spiro atoms. The van der Waals surface area contributed by atoms with Gasteiger partial charge >= 0.3 is 0 Å². The first-order valence-corrected chi connectivity index (χ1v) is 6.23. The van der Waals surface area contributed by atoms with E-state index in [2.05, 4.69) is 4.90 Å². The molecular weight excluding hydrogens is 231 g/mol. The highest BCUT2D eigenvalue weighted by Crippen LogP contribution is 2.27. The predicted molar refractivity (Wildman–Crippen MR) is 73.5 cm³/mol. The SMILES string of the molecule is COCCCN(C)c1cc(C)c(F)cc1[C@H](C)N. The minimum Gasteiger partial charge on any atom is -0.385 e. The van der Waals surface area contributed by atoms with E-state index in [4.69, 9.17) is 10.5 Å². The quantitative estimate of drug-likeness (QED) is 0.793. The lowest BCUT2D eigenvalue weighted by Gasteiger charge is -2.24. The third-order valence-electron chi connectivity index (χ3n) is 3.05. The van der Waals surface area contributed by atoms with Gasteiger partial charge in [-0.25, -0.2) is 4.39 Å². The van der Waals surface area contributed by atoms with Crippen LogP contribution in [0.1, 0.15) is 30.5 Å². The third-order valence-corrected chi connectivity index (χ3v) is 3.05. The standard InChI is InChI=1S/C14H23FN2O/c1-10-8-14(17(3)6-5-7-18-4)12(11(2)16)9-13(10)15/h8-9,11H,5-7,16H2,1-4H3/t11-/m0/s1.